The molecule has 0 spiro atoms. The summed E-state index contributed by atoms with van der Waals surface area (Å²) >= 11 is 0. The van der Waals surface area contributed by atoms with Crippen LogP contribution in [0.5, 0.6) is 11.5 Å². The van der Waals surface area contributed by atoms with E-state index in [1.54, 1.807) is 12.1 Å². The first-order chi connectivity index (χ1) is 11.5. The van der Waals surface area contributed by atoms with Gasteiger partial charge in [0.2, 0.25) is 0 Å². The Balaban J connectivity index is 1.98. The zero-order chi connectivity index (χ0) is 17.5. The summed E-state index contributed by atoms with van der Waals surface area (Å²) in [6.45, 7) is 1.95. The third-order valence-corrected chi connectivity index (χ3v) is 3.41. The molecule has 0 saturated heterocycles. The Hall–Kier alpha value is -2.47. The Morgan fingerprint density at radius 2 is 1.92 bits per heavy atom. The van der Waals surface area contributed by atoms with Crippen LogP contribution in [0.1, 0.15) is 30.1 Å². The minimum atomic E-state index is -0.797. The van der Waals surface area contributed by atoms with Gasteiger partial charge in [-0.1, -0.05) is 0 Å². The number of aliphatic hydroxyl groups is 1. The molecule has 2 N–H and O–H groups in total. The Morgan fingerprint density at radius 3 is 2.54 bits per heavy atom. The fourth-order valence-corrected chi connectivity index (χ4v) is 2.14. The van der Waals surface area contributed by atoms with Gasteiger partial charge in [-0.15, -0.1) is 0 Å². The monoisotopic (exact) mass is 335 g/mol. The maximum Gasteiger partial charge on any atom is 0.251 e. The van der Waals surface area contributed by atoms with Crippen molar-refractivity contribution >= 4 is 5.91 Å². The molecule has 0 aromatic heterocycles. The molecular formula is C18H19F2NO3. The third kappa shape index (κ3) is 5.03. The number of rotatable bonds is 7. The fourth-order valence-electron chi connectivity index (χ4n) is 2.14. The largest absolute Gasteiger partial charge is 0.454 e. The van der Waals surface area contributed by atoms with Gasteiger partial charge in [0.05, 0.1) is 0 Å². The van der Waals surface area contributed by atoms with E-state index in [2.05, 4.69) is 5.32 Å². The third-order valence-electron chi connectivity index (χ3n) is 3.41. The summed E-state index contributed by atoms with van der Waals surface area (Å²) in [7, 11) is 0. The second-order valence-electron chi connectivity index (χ2n) is 5.44. The molecule has 0 aliphatic heterocycles. The maximum atomic E-state index is 13.5. The number of hydrogen-bond acceptors (Lipinski definition) is 3. The van der Waals surface area contributed by atoms with Crippen LogP contribution in [0.4, 0.5) is 8.78 Å². The van der Waals surface area contributed by atoms with Gasteiger partial charge in [0, 0.05) is 24.3 Å². The van der Waals surface area contributed by atoms with Gasteiger partial charge < -0.3 is 15.2 Å². The summed E-state index contributed by atoms with van der Waals surface area (Å²) in [5.74, 6) is -1.46. The van der Waals surface area contributed by atoms with E-state index in [1.807, 2.05) is 6.92 Å². The number of carbonyl (C=O) groups excluding carboxylic acids is 1. The Morgan fingerprint density at radius 1 is 1.21 bits per heavy atom. The molecular weight excluding hydrogens is 316 g/mol. The van der Waals surface area contributed by atoms with Gasteiger partial charge in [0.1, 0.15) is 11.6 Å². The summed E-state index contributed by atoms with van der Waals surface area (Å²) < 4.78 is 31.7. The van der Waals surface area contributed by atoms with E-state index in [0.29, 0.717) is 24.2 Å². The normalized spacial score (nSPS) is 11.8. The average molecular weight is 335 g/mol. The number of nitrogens with one attached hydrogen (secondary N) is 1. The van der Waals surface area contributed by atoms with Gasteiger partial charge in [-0.3, -0.25) is 4.79 Å². The van der Waals surface area contributed by atoms with Crippen molar-refractivity contribution < 1.29 is 23.4 Å². The standard InChI is InChI=1S/C18H19F2NO3/c1-12(3-2-10-22)21-18(23)13-4-7-15(8-5-13)24-17-9-6-14(19)11-16(17)20/h4-9,11-12,22H,2-3,10H2,1H3,(H,21,23). The summed E-state index contributed by atoms with van der Waals surface area (Å²) in [5, 5.41) is 11.6. The minimum absolute atomic E-state index is 0.0473. The highest BCUT2D eigenvalue weighted by Crippen LogP contribution is 2.25. The van der Waals surface area contributed by atoms with E-state index in [1.165, 1.54) is 18.2 Å². The van der Waals surface area contributed by atoms with Crippen molar-refractivity contribution in [2.24, 2.45) is 0 Å². The maximum absolute atomic E-state index is 13.5. The zero-order valence-electron chi connectivity index (χ0n) is 13.3. The van der Waals surface area contributed by atoms with E-state index in [4.69, 9.17) is 9.84 Å². The van der Waals surface area contributed by atoms with Crippen LogP contribution in [0.3, 0.4) is 0 Å². The SMILES string of the molecule is CC(CCCO)NC(=O)c1ccc(Oc2ccc(F)cc2F)cc1. The second kappa shape index (κ2) is 8.40. The van der Waals surface area contributed by atoms with Gasteiger partial charge in [-0.2, -0.15) is 0 Å². The molecule has 0 heterocycles. The molecule has 2 aromatic rings. The highest BCUT2D eigenvalue weighted by molar-refractivity contribution is 5.94. The van der Waals surface area contributed by atoms with Gasteiger partial charge in [-0.25, -0.2) is 8.78 Å². The predicted octanol–water partition coefficient (Wildman–Crippen LogP) is 3.65. The van der Waals surface area contributed by atoms with Crippen molar-refractivity contribution in [3.63, 3.8) is 0 Å². The molecule has 0 fully saturated rings. The number of carbonyl (C=O) groups is 1. The van der Waals surface area contributed by atoms with E-state index in [9.17, 15) is 13.6 Å². The number of hydrogen-bond donors (Lipinski definition) is 2. The van der Waals surface area contributed by atoms with Gasteiger partial charge >= 0.3 is 0 Å². The number of benzene rings is 2. The lowest BCUT2D eigenvalue weighted by molar-refractivity contribution is 0.0936. The first-order valence-electron chi connectivity index (χ1n) is 7.64. The number of ether oxygens (including phenoxy) is 1. The first-order valence-corrected chi connectivity index (χ1v) is 7.64. The molecule has 1 amide bonds. The van der Waals surface area contributed by atoms with Crippen LogP contribution >= 0.6 is 0 Å². The molecule has 2 rings (SSSR count). The average Bonchev–Trinajstić information content (AvgIpc) is 2.56. The molecule has 128 valence electrons. The fraction of sp³-hybridized carbons (Fsp3) is 0.278. The van der Waals surface area contributed by atoms with Crippen molar-refractivity contribution in [2.75, 3.05) is 6.61 Å². The van der Waals surface area contributed by atoms with Gasteiger partial charge in [0.25, 0.3) is 5.91 Å². The smallest absolute Gasteiger partial charge is 0.251 e. The summed E-state index contributed by atoms with van der Waals surface area (Å²) in [6, 6.07) is 9.20. The van der Waals surface area contributed by atoms with Crippen LogP contribution < -0.4 is 10.1 Å². The first kappa shape index (κ1) is 17.9. The highest BCUT2D eigenvalue weighted by atomic mass is 19.1. The van der Waals surface area contributed by atoms with Crippen LogP contribution in [0.2, 0.25) is 0 Å². The van der Waals surface area contributed by atoms with Crippen LogP contribution in [0.15, 0.2) is 42.5 Å². The van der Waals surface area contributed by atoms with Crippen molar-refractivity contribution in [1.29, 1.82) is 0 Å². The van der Waals surface area contributed by atoms with Crippen LogP contribution in [-0.4, -0.2) is 23.7 Å². The summed E-state index contributed by atoms with van der Waals surface area (Å²) in [6.07, 6.45) is 1.31. The molecule has 2 aromatic carbocycles. The molecule has 1 unspecified atom stereocenters. The quantitative estimate of drug-likeness (QED) is 0.812. The van der Waals surface area contributed by atoms with E-state index in [0.717, 1.165) is 12.1 Å². The Bertz CT molecular complexity index is 689. The molecule has 4 nitrogen and oxygen atoms in total. The summed E-state index contributed by atoms with van der Waals surface area (Å²) in [4.78, 5) is 12.1. The molecule has 0 aliphatic rings. The molecule has 0 aliphatic carbocycles. The zero-order valence-corrected chi connectivity index (χ0v) is 13.3. The lowest BCUT2D eigenvalue weighted by Crippen LogP contribution is -2.32. The van der Waals surface area contributed by atoms with Crippen LogP contribution in [0, 0.1) is 11.6 Å². The Labute approximate surface area is 139 Å². The van der Waals surface area contributed by atoms with Crippen molar-refractivity contribution in [1.82, 2.24) is 5.32 Å². The minimum Gasteiger partial charge on any atom is -0.454 e. The van der Waals surface area contributed by atoms with E-state index < -0.39 is 11.6 Å². The van der Waals surface area contributed by atoms with E-state index in [-0.39, 0.29) is 24.3 Å². The van der Waals surface area contributed by atoms with Crippen molar-refractivity contribution in [2.45, 2.75) is 25.8 Å². The number of halogens is 2. The molecule has 0 saturated carbocycles. The molecule has 0 radical (unpaired) electrons. The van der Waals surface area contributed by atoms with Gasteiger partial charge in [-0.05, 0) is 56.2 Å². The summed E-state index contributed by atoms with van der Waals surface area (Å²) in [5.41, 5.74) is 0.442. The van der Waals surface area contributed by atoms with Crippen LogP contribution in [-0.2, 0) is 0 Å². The topological polar surface area (TPSA) is 58.6 Å². The number of amides is 1. The van der Waals surface area contributed by atoms with Gasteiger partial charge in [0.15, 0.2) is 11.6 Å². The number of aliphatic hydroxyl groups excluding tert-OH is 1. The molecule has 24 heavy (non-hydrogen) atoms. The van der Waals surface area contributed by atoms with Crippen LogP contribution in [0.25, 0.3) is 0 Å². The van der Waals surface area contributed by atoms with Crippen molar-refractivity contribution in [3.05, 3.63) is 59.7 Å². The lowest BCUT2D eigenvalue weighted by atomic mass is 10.1. The van der Waals surface area contributed by atoms with E-state index >= 15 is 0 Å². The molecule has 0 bridgehead atoms. The van der Waals surface area contributed by atoms with Crippen molar-refractivity contribution in [3.8, 4) is 11.5 Å². The highest BCUT2D eigenvalue weighted by Gasteiger charge is 2.11. The lowest BCUT2D eigenvalue weighted by Gasteiger charge is -2.13. The predicted molar refractivity (Wildman–Crippen MR) is 86.1 cm³/mol. The second-order valence-corrected chi connectivity index (χ2v) is 5.44. The molecule has 1 atom stereocenters. The Kier molecular flexibility index (Phi) is 6.26. The molecule has 6 heteroatoms.